The predicted octanol–water partition coefficient (Wildman–Crippen LogP) is 1.29. The second-order valence-electron chi connectivity index (χ2n) is 5.52. The Hall–Kier alpha value is -0.120. The van der Waals surface area contributed by atoms with Gasteiger partial charge in [-0.05, 0) is 25.7 Å². The fourth-order valence-corrected chi connectivity index (χ4v) is 3.58. The molecule has 1 aliphatic heterocycles. The molecule has 1 aliphatic carbocycles. The van der Waals surface area contributed by atoms with Crippen LogP contribution in [0.15, 0.2) is 0 Å². The van der Waals surface area contributed by atoms with Gasteiger partial charge in [0, 0.05) is 25.0 Å². The zero-order valence-electron chi connectivity index (χ0n) is 9.83. The summed E-state index contributed by atoms with van der Waals surface area (Å²) in [6.45, 7) is 5.49. The highest BCUT2D eigenvalue weighted by Crippen LogP contribution is 2.53. The van der Waals surface area contributed by atoms with Crippen LogP contribution in [0.4, 0.5) is 0 Å². The van der Waals surface area contributed by atoms with E-state index in [0.717, 1.165) is 19.3 Å². The Kier molecular flexibility index (Phi) is 2.82. The lowest BCUT2D eigenvalue weighted by molar-refractivity contribution is -0.117. The summed E-state index contributed by atoms with van der Waals surface area (Å²) in [5.74, 6) is 0.686. The molecule has 3 N–H and O–H groups in total. The molecule has 0 aromatic carbocycles. The standard InChI is InChI=1S/C12H23NO2/c1-9-3-4-11(7-9,8-13)12(14)5-6-15-10(12)2/h9-10,14H,3-8,13H2,1-2H3. The molecule has 2 fully saturated rings. The van der Waals surface area contributed by atoms with Crippen LogP contribution in [0.25, 0.3) is 0 Å². The maximum Gasteiger partial charge on any atom is 0.0995 e. The number of rotatable bonds is 2. The molecule has 0 aromatic heterocycles. The minimum Gasteiger partial charge on any atom is -0.386 e. The normalized spacial score (nSPS) is 51.2. The average molecular weight is 213 g/mol. The molecule has 0 spiro atoms. The van der Waals surface area contributed by atoms with Gasteiger partial charge < -0.3 is 15.6 Å². The van der Waals surface area contributed by atoms with Crippen LogP contribution in [0.5, 0.6) is 0 Å². The molecule has 1 saturated carbocycles. The fourth-order valence-electron chi connectivity index (χ4n) is 3.58. The second-order valence-corrected chi connectivity index (χ2v) is 5.52. The predicted molar refractivity (Wildman–Crippen MR) is 59.5 cm³/mol. The SMILES string of the molecule is CC1CCC(CN)(C2(O)CCOC2C)C1. The summed E-state index contributed by atoms with van der Waals surface area (Å²) >= 11 is 0. The Morgan fingerprint density at radius 3 is 2.53 bits per heavy atom. The average Bonchev–Trinajstić information content (AvgIpc) is 2.74. The molecule has 15 heavy (non-hydrogen) atoms. The van der Waals surface area contributed by atoms with Crippen molar-refractivity contribution in [3.05, 3.63) is 0 Å². The Morgan fingerprint density at radius 2 is 2.13 bits per heavy atom. The first kappa shape index (κ1) is 11.4. The van der Waals surface area contributed by atoms with Gasteiger partial charge >= 0.3 is 0 Å². The van der Waals surface area contributed by atoms with E-state index in [4.69, 9.17) is 10.5 Å². The first-order chi connectivity index (χ1) is 7.04. The van der Waals surface area contributed by atoms with Crippen molar-refractivity contribution < 1.29 is 9.84 Å². The Labute approximate surface area is 92.0 Å². The Balaban J connectivity index is 2.25. The number of nitrogens with two attached hydrogens (primary N) is 1. The third kappa shape index (κ3) is 1.52. The molecular formula is C12H23NO2. The van der Waals surface area contributed by atoms with Crippen molar-refractivity contribution in [2.24, 2.45) is 17.1 Å². The molecule has 0 aromatic rings. The van der Waals surface area contributed by atoms with Crippen molar-refractivity contribution in [1.29, 1.82) is 0 Å². The molecule has 3 nitrogen and oxygen atoms in total. The van der Waals surface area contributed by atoms with Crippen LogP contribution in [0.1, 0.15) is 39.5 Å². The lowest BCUT2D eigenvalue weighted by Crippen LogP contribution is -2.55. The Morgan fingerprint density at radius 1 is 1.40 bits per heavy atom. The quantitative estimate of drug-likeness (QED) is 0.727. The molecule has 3 heteroatoms. The van der Waals surface area contributed by atoms with E-state index < -0.39 is 5.60 Å². The first-order valence-corrected chi connectivity index (χ1v) is 6.08. The largest absolute Gasteiger partial charge is 0.386 e. The van der Waals surface area contributed by atoms with E-state index in [0.29, 0.717) is 19.1 Å². The van der Waals surface area contributed by atoms with Crippen molar-refractivity contribution in [2.45, 2.75) is 51.2 Å². The van der Waals surface area contributed by atoms with Gasteiger partial charge in [0.25, 0.3) is 0 Å². The van der Waals surface area contributed by atoms with Gasteiger partial charge in [-0.2, -0.15) is 0 Å². The van der Waals surface area contributed by atoms with E-state index in [1.165, 1.54) is 6.42 Å². The maximum atomic E-state index is 10.8. The van der Waals surface area contributed by atoms with Gasteiger partial charge in [0.15, 0.2) is 0 Å². The summed E-state index contributed by atoms with van der Waals surface area (Å²) in [6, 6.07) is 0. The second kappa shape index (κ2) is 3.72. The zero-order chi connectivity index (χ0) is 11.1. The molecule has 2 rings (SSSR count). The highest BCUT2D eigenvalue weighted by molar-refractivity contribution is 5.08. The van der Waals surface area contributed by atoms with Gasteiger partial charge in [-0.15, -0.1) is 0 Å². The van der Waals surface area contributed by atoms with Gasteiger partial charge in [-0.1, -0.05) is 13.3 Å². The number of aliphatic hydroxyl groups is 1. The molecule has 4 unspecified atom stereocenters. The van der Waals surface area contributed by atoms with E-state index in [-0.39, 0.29) is 11.5 Å². The van der Waals surface area contributed by atoms with Gasteiger partial charge in [0.2, 0.25) is 0 Å². The van der Waals surface area contributed by atoms with Crippen LogP contribution >= 0.6 is 0 Å². The minimum absolute atomic E-state index is 0.0636. The third-order valence-corrected chi connectivity index (χ3v) is 4.69. The number of hydrogen-bond acceptors (Lipinski definition) is 3. The van der Waals surface area contributed by atoms with Gasteiger partial charge in [0.1, 0.15) is 0 Å². The smallest absolute Gasteiger partial charge is 0.0995 e. The van der Waals surface area contributed by atoms with Crippen LogP contribution < -0.4 is 5.73 Å². The number of ether oxygens (including phenoxy) is 1. The number of hydrogen-bond donors (Lipinski definition) is 2. The lowest BCUT2D eigenvalue weighted by atomic mass is 9.67. The molecule has 4 atom stereocenters. The fraction of sp³-hybridized carbons (Fsp3) is 1.00. The highest BCUT2D eigenvalue weighted by atomic mass is 16.5. The lowest BCUT2D eigenvalue weighted by Gasteiger charge is -2.44. The molecule has 1 heterocycles. The van der Waals surface area contributed by atoms with Crippen LogP contribution in [0.2, 0.25) is 0 Å². The third-order valence-electron chi connectivity index (χ3n) is 4.69. The van der Waals surface area contributed by atoms with Crippen molar-refractivity contribution in [2.75, 3.05) is 13.2 Å². The molecular weight excluding hydrogens is 190 g/mol. The monoisotopic (exact) mass is 213 g/mol. The molecule has 1 saturated heterocycles. The van der Waals surface area contributed by atoms with Crippen molar-refractivity contribution >= 4 is 0 Å². The van der Waals surface area contributed by atoms with Crippen LogP contribution in [-0.4, -0.2) is 30.0 Å². The van der Waals surface area contributed by atoms with Gasteiger partial charge in [0.05, 0.1) is 11.7 Å². The summed E-state index contributed by atoms with van der Waals surface area (Å²) in [5, 5.41) is 10.8. The van der Waals surface area contributed by atoms with Crippen molar-refractivity contribution in [3.63, 3.8) is 0 Å². The summed E-state index contributed by atoms with van der Waals surface area (Å²) in [6.07, 6.45) is 3.97. The first-order valence-electron chi connectivity index (χ1n) is 6.08. The molecule has 0 amide bonds. The Bertz CT molecular complexity index is 246. The van der Waals surface area contributed by atoms with Gasteiger partial charge in [-0.25, -0.2) is 0 Å². The van der Waals surface area contributed by atoms with Crippen LogP contribution in [0, 0.1) is 11.3 Å². The minimum atomic E-state index is -0.688. The van der Waals surface area contributed by atoms with Crippen LogP contribution in [-0.2, 0) is 4.74 Å². The molecule has 2 aliphatic rings. The van der Waals surface area contributed by atoms with E-state index in [1.54, 1.807) is 0 Å². The van der Waals surface area contributed by atoms with Crippen molar-refractivity contribution in [1.82, 2.24) is 0 Å². The summed E-state index contributed by atoms with van der Waals surface area (Å²) in [5.41, 5.74) is 5.16. The maximum absolute atomic E-state index is 10.8. The summed E-state index contributed by atoms with van der Waals surface area (Å²) in [7, 11) is 0. The van der Waals surface area contributed by atoms with Crippen molar-refractivity contribution in [3.8, 4) is 0 Å². The summed E-state index contributed by atoms with van der Waals surface area (Å²) < 4.78 is 5.54. The van der Waals surface area contributed by atoms with E-state index in [2.05, 4.69) is 6.92 Å². The van der Waals surface area contributed by atoms with E-state index in [1.807, 2.05) is 6.92 Å². The highest BCUT2D eigenvalue weighted by Gasteiger charge is 2.57. The van der Waals surface area contributed by atoms with Gasteiger partial charge in [-0.3, -0.25) is 0 Å². The topological polar surface area (TPSA) is 55.5 Å². The van der Waals surface area contributed by atoms with Crippen LogP contribution in [0.3, 0.4) is 0 Å². The molecule has 88 valence electrons. The molecule has 0 radical (unpaired) electrons. The molecule has 0 bridgehead atoms. The zero-order valence-corrected chi connectivity index (χ0v) is 9.83. The van der Waals surface area contributed by atoms with E-state index >= 15 is 0 Å². The summed E-state index contributed by atoms with van der Waals surface area (Å²) in [4.78, 5) is 0. The van der Waals surface area contributed by atoms with E-state index in [9.17, 15) is 5.11 Å².